The van der Waals surface area contributed by atoms with E-state index in [1.165, 1.54) is 16.5 Å². The molecule has 0 radical (unpaired) electrons. The Hall–Kier alpha value is -1.77. The number of hydrogen-bond acceptors (Lipinski definition) is 2. The summed E-state index contributed by atoms with van der Waals surface area (Å²) in [5.41, 5.74) is 4.40. The van der Waals surface area contributed by atoms with Gasteiger partial charge in [0, 0.05) is 17.4 Å². The summed E-state index contributed by atoms with van der Waals surface area (Å²) in [5, 5.41) is 13.8. The standard InChI is InChI=1S/C13H14N2O/c1-9-10-5-2-3-7-12(10)15-8-4-6-11(14-16)13(9)15/h2-3,5,7,16H,4,6,8H2,1H3/b14-11+. The van der Waals surface area contributed by atoms with Crippen LogP contribution in [0.3, 0.4) is 0 Å². The summed E-state index contributed by atoms with van der Waals surface area (Å²) in [7, 11) is 0. The lowest BCUT2D eigenvalue weighted by molar-refractivity contribution is 0.316. The fourth-order valence-corrected chi connectivity index (χ4v) is 2.70. The Morgan fingerprint density at radius 3 is 2.94 bits per heavy atom. The minimum atomic E-state index is 0.819. The van der Waals surface area contributed by atoms with Crippen molar-refractivity contribution >= 4 is 16.6 Å². The molecule has 0 saturated heterocycles. The van der Waals surface area contributed by atoms with Crippen LogP contribution >= 0.6 is 0 Å². The number of benzene rings is 1. The zero-order chi connectivity index (χ0) is 11.1. The number of nitrogens with zero attached hydrogens (tertiary/aromatic N) is 2. The van der Waals surface area contributed by atoms with Crippen LogP contribution in [0.5, 0.6) is 0 Å². The highest BCUT2D eigenvalue weighted by Gasteiger charge is 2.21. The number of fused-ring (bicyclic) bond motifs is 3. The van der Waals surface area contributed by atoms with E-state index in [2.05, 4.69) is 40.9 Å². The molecule has 0 spiro atoms. The van der Waals surface area contributed by atoms with Crippen molar-refractivity contribution in [3.8, 4) is 0 Å². The van der Waals surface area contributed by atoms with Crippen LogP contribution < -0.4 is 0 Å². The zero-order valence-corrected chi connectivity index (χ0v) is 9.27. The van der Waals surface area contributed by atoms with Crippen molar-refractivity contribution in [2.45, 2.75) is 26.3 Å². The molecule has 1 aromatic carbocycles. The third-order valence-corrected chi connectivity index (χ3v) is 3.41. The molecule has 0 fully saturated rings. The SMILES string of the molecule is Cc1c2n(c3ccccc13)CCC/C2=N\O. The van der Waals surface area contributed by atoms with Crippen molar-refractivity contribution in [3.63, 3.8) is 0 Å². The molecule has 0 unspecified atom stereocenters. The summed E-state index contributed by atoms with van der Waals surface area (Å²) >= 11 is 0. The molecule has 0 aliphatic carbocycles. The number of hydrogen-bond donors (Lipinski definition) is 1. The van der Waals surface area contributed by atoms with Crippen molar-refractivity contribution in [2.75, 3.05) is 0 Å². The third-order valence-electron chi connectivity index (χ3n) is 3.41. The van der Waals surface area contributed by atoms with Crippen LogP contribution in [0.4, 0.5) is 0 Å². The average molecular weight is 214 g/mol. The van der Waals surface area contributed by atoms with Gasteiger partial charge in [-0.15, -0.1) is 0 Å². The average Bonchev–Trinajstić information content (AvgIpc) is 2.64. The lowest BCUT2D eigenvalue weighted by Gasteiger charge is -2.17. The minimum Gasteiger partial charge on any atom is -0.411 e. The molecule has 1 aliphatic rings. The molecule has 3 rings (SSSR count). The molecule has 0 amide bonds. The Morgan fingerprint density at radius 1 is 1.31 bits per heavy atom. The van der Waals surface area contributed by atoms with Gasteiger partial charge in [-0.1, -0.05) is 23.4 Å². The molecular formula is C13H14N2O. The van der Waals surface area contributed by atoms with Crippen molar-refractivity contribution in [3.05, 3.63) is 35.5 Å². The summed E-state index contributed by atoms with van der Waals surface area (Å²) in [5.74, 6) is 0. The number of para-hydroxylation sites is 1. The summed E-state index contributed by atoms with van der Waals surface area (Å²) < 4.78 is 2.27. The lowest BCUT2D eigenvalue weighted by atomic mass is 10.0. The molecule has 1 aliphatic heterocycles. The van der Waals surface area contributed by atoms with Gasteiger partial charge in [0.25, 0.3) is 0 Å². The Balaban J connectivity index is 2.42. The fraction of sp³-hybridized carbons (Fsp3) is 0.308. The van der Waals surface area contributed by atoms with E-state index in [1.807, 2.05) is 0 Å². The highest BCUT2D eigenvalue weighted by molar-refractivity contribution is 6.06. The van der Waals surface area contributed by atoms with E-state index in [1.54, 1.807) is 0 Å². The van der Waals surface area contributed by atoms with Crippen molar-refractivity contribution in [1.82, 2.24) is 4.57 Å². The van der Waals surface area contributed by atoms with E-state index in [9.17, 15) is 0 Å². The number of rotatable bonds is 0. The lowest BCUT2D eigenvalue weighted by Crippen LogP contribution is -2.17. The van der Waals surface area contributed by atoms with Crippen molar-refractivity contribution in [2.24, 2.45) is 5.16 Å². The largest absolute Gasteiger partial charge is 0.411 e. The van der Waals surface area contributed by atoms with Gasteiger partial charge < -0.3 is 9.77 Å². The first-order chi connectivity index (χ1) is 7.83. The first kappa shape index (κ1) is 9.46. The Morgan fingerprint density at radius 2 is 2.12 bits per heavy atom. The predicted molar refractivity (Wildman–Crippen MR) is 64.2 cm³/mol. The van der Waals surface area contributed by atoms with Crippen LogP contribution in [0.1, 0.15) is 24.1 Å². The highest BCUT2D eigenvalue weighted by atomic mass is 16.4. The summed E-state index contributed by atoms with van der Waals surface area (Å²) in [6.45, 7) is 3.12. The van der Waals surface area contributed by atoms with E-state index < -0.39 is 0 Å². The molecule has 1 N–H and O–H groups in total. The molecule has 2 aromatic rings. The Kier molecular flexibility index (Phi) is 1.99. The summed E-state index contributed by atoms with van der Waals surface area (Å²) in [4.78, 5) is 0. The van der Waals surface area contributed by atoms with Gasteiger partial charge in [0.1, 0.15) is 5.71 Å². The summed E-state index contributed by atoms with van der Waals surface area (Å²) in [6, 6.07) is 8.37. The van der Waals surface area contributed by atoms with Crippen LogP contribution in [0, 0.1) is 6.92 Å². The van der Waals surface area contributed by atoms with Crippen LogP contribution in [-0.4, -0.2) is 15.5 Å². The minimum absolute atomic E-state index is 0.819. The van der Waals surface area contributed by atoms with Gasteiger partial charge >= 0.3 is 0 Å². The molecule has 0 bridgehead atoms. The second-order valence-corrected chi connectivity index (χ2v) is 4.29. The molecule has 2 heterocycles. The van der Waals surface area contributed by atoms with Gasteiger partial charge in [-0.25, -0.2) is 0 Å². The van der Waals surface area contributed by atoms with Gasteiger partial charge in [-0.2, -0.15) is 0 Å². The molecule has 1 aromatic heterocycles. The van der Waals surface area contributed by atoms with Gasteiger partial charge in [0.15, 0.2) is 0 Å². The van der Waals surface area contributed by atoms with Gasteiger partial charge in [-0.3, -0.25) is 0 Å². The van der Waals surface area contributed by atoms with E-state index in [4.69, 9.17) is 5.21 Å². The van der Waals surface area contributed by atoms with E-state index in [0.717, 1.165) is 30.8 Å². The molecule has 0 atom stereocenters. The van der Waals surface area contributed by atoms with Gasteiger partial charge in [0.2, 0.25) is 0 Å². The van der Waals surface area contributed by atoms with E-state index in [-0.39, 0.29) is 0 Å². The van der Waals surface area contributed by atoms with Crippen LogP contribution in [0.2, 0.25) is 0 Å². The molecule has 3 nitrogen and oxygen atoms in total. The maximum atomic E-state index is 9.06. The fourth-order valence-electron chi connectivity index (χ4n) is 2.70. The maximum Gasteiger partial charge on any atom is 0.103 e. The normalized spacial score (nSPS) is 17.9. The molecule has 82 valence electrons. The number of aryl methyl sites for hydroxylation is 2. The predicted octanol–water partition coefficient (Wildman–Crippen LogP) is 2.92. The Labute approximate surface area is 94.0 Å². The zero-order valence-electron chi connectivity index (χ0n) is 9.27. The molecule has 0 saturated carbocycles. The van der Waals surface area contributed by atoms with E-state index >= 15 is 0 Å². The van der Waals surface area contributed by atoms with E-state index in [0.29, 0.717) is 0 Å². The second kappa shape index (κ2) is 3.37. The van der Waals surface area contributed by atoms with Crippen LogP contribution in [-0.2, 0) is 6.54 Å². The molecule has 16 heavy (non-hydrogen) atoms. The van der Waals surface area contributed by atoms with Gasteiger partial charge in [0.05, 0.1) is 5.69 Å². The van der Waals surface area contributed by atoms with Crippen molar-refractivity contribution < 1.29 is 5.21 Å². The number of aromatic nitrogens is 1. The van der Waals surface area contributed by atoms with Crippen molar-refractivity contribution in [1.29, 1.82) is 0 Å². The molecule has 3 heteroatoms. The topological polar surface area (TPSA) is 37.5 Å². The second-order valence-electron chi connectivity index (χ2n) is 4.29. The Bertz CT molecular complexity index is 581. The number of oxime groups is 1. The smallest absolute Gasteiger partial charge is 0.103 e. The first-order valence-corrected chi connectivity index (χ1v) is 5.62. The van der Waals surface area contributed by atoms with Crippen LogP contribution in [0.15, 0.2) is 29.4 Å². The maximum absolute atomic E-state index is 9.06. The monoisotopic (exact) mass is 214 g/mol. The first-order valence-electron chi connectivity index (χ1n) is 5.62. The quantitative estimate of drug-likeness (QED) is 0.531. The molecular weight excluding hydrogens is 200 g/mol. The van der Waals surface area contributed by atoms with Crippen LogP contribution in [0.25, 0.3) is 10.9 Å². The summed E-state index contributed by atoms with van der Waals surface area (Å²) in [6.07, 6.45) is 1.91. The highest BCUT2D eigenvalue weighted by Crippen LogP contribution is 2.30. The van der Waals surface area contributed by atoms with Gasteiger partial charge in [-0.05, 0) is 31.4 Å². The third kappa shape index (κ3) is 1.11.